The Morgan fingerprint density at radius 1 is 0.846 bits per heavy atom. The van der Waals surface area contributed by atoms with Crippen molar-refractivity contribution < 1.29 is 38.0 Å². The Morgan fingerprint density at radius 3 is 2.23 bits per heavy atom. The zero-order valence-corrected chi connectivity index (χ0v) is 23.2. The van der Waals surface area contributed by atoms with Crippen LogP contribution < -0.4 is 24.3 Å². The maximum Gasteiger partial charge on any atom is 0.336 e. The van der Waals surface area contributed by atoms with E-state index in [1.165, 1.54) is 28.4 Å². The van der Waals surface area contributed by atoms with Gasteiger partial charge in [-0.05, 0) is 31.0 Å². The molecule has 0 bridgehead atoms. The zero-order chi connectivity index (χ0) is 28.1. The number of nitrogens with one attached hydrogen (secondary N) is 1. The lowest BCUT2D eigenvalue weighted by Gasteiger charge is -2.37. The Bertz CT molecular complexity index is 1310. The van der Waals surface area contributed by atoms with E-state index in [0.717, 1.165) is 17.0 Å². The number of rotatable bonds is 10. The van der Waals surface area contributed by atoms with Crippen molar-refractivity contribution in [3.63, 3.8) is 0 Å². The lowest BCUT2D eigenvalue weighted by molar-refractivity contribution is -0.140. The zero-order valence-electron chi connectivity index (χ0n) is 23.2. The topological polar surface area (TPSA) is 102 Å². The number of methoxy groups -OCH3 is 5. The van der Waals surface area contributed by atoms with Crippen LogP contribution in [0.25, 0.3) is 0 Å². The molecule has 2 aromatic carbocycles. The fourth-order valence-electron chi connectivity index (χ4n) is 5.49. The number of dihydropyridines is 1. The predicted octanol–water partition coefficient (Wildman–Crippen LogP) is 4.27. The molecule has 0 spiro atoms. The summed E-state index contributed by atoms with van der Waals surface area (Å²) in [6.45, 7) is 2.15. The number of carbonyl (C=O) groups excluding carboxylic acids is 2. The molecule has 0 amide bonds. The van der Waals surface area contributed by atoms with Crippen LogP contribution >= 0.6 is 0 Å². The van der Waals surface area contributed by atoms with Crippen LogP contribution in [0, 0.1) is 0 Å². The summed E-state index contributed by atoms with van der Waals surface area (Å²) in [5.41, 5.74) is 3.77. The maximum absolute atomic E-state index is 14.0. The molecule has 208 valence electrons. The predicted molar refractivity (Wildman–Crippen MR) is 145 cm³/mol. The summed E-state index contributed by atoms with van der Waals surface area (Å²) in [6.07, 6.45) is 0.828. The molecule has 2 aromatic rings. The summed E-state index contributed by atoms with van der Waals surface area (Å²) in [5, 5.41) is 3.36. The first-order valence-corrected chi connectivity index (χ1v) is 12.7. The first-order chi connectivity index (χ1) is 18.9. The number of hydrogen-bond acceptors (Lipinski definition) is 9. The molecule has 1 N–H and O–H groups in total. The van der Waals surface area contributed by atoms with E-state index in [4.69, 9.17) is 28.4 Å². The van der Waals surface area contributed by atoms with Crippen LogP contribution in [0.3, 0.4) is 0 Å². The van der Waals surface area contributed by atoms with Gasteiger partial charge in [0.1, 0.15) is 12.4 Å². The van der Waals surface area contributed by atoms with Gasteiger partial charge in [-0.25, -0.2) is 4.79 Å². The number of benzene rings is 2. The van der Waals surface area contributed by atoms with Gasteiger partial charge in [-0.15, -0.1) is 0 Å². The Hall–Kier alpha value is -3.98. The molecule has 1 aliphatic carbocycles. The number of esters is 1. The monoisotopic (exact) mass is 537 g/mol. The molecule has 1 heterocycles. The van der Waals surface area contributed by atoms with Crippen LogP contribution in [-0.2, 0) is 19.1 Å². The van der Waals surface area contributed by atoms with Crippen molar-refractivity contribution in [3.8, 4) is 23.0 Å². The first-order valence-electron chi connectivity index (χ1n) is 12.7. The van der Waals surface area contributed by atoms with Crippen LogP contribution in [0.2, 0.25) is 0 Å². The third-order valence-corrected chi connectivity index (χ3v) is 7.19. The van der Waals surface area contributed by atoms with Crippen LogP contribution in [0.4, 0.5) is 0 Å². The fourth-order valence-corrected chi connectivity index (χ4v) is 5.49. The highest BCUT2D eigenvalue weighted by Crippen LogP contribution is 2.51. The molecule has 1 aliphatic heterocycles. The molecule has 39 heavy (non-hydrogen) atoms. The average molecular weight is 538 g/mol. The Morgan fingerprint density at radius 2 is 1.56 bits per heavy atom. The summed E-state index contributed by atoms with van der Waals surface area (Å²) >= 11 is 0. The van der Waals surface area contributed by atoms with Crippen molar-refractivity contribution in [2.75, 3.05) is 48.8 Å². The second kappa shape index (κ2) is 12.3. The van der Waals surface area contributed by atoms with E-state index < -0.39 is 11.9 Å². The van der Waals surface area contributed by atoms with Gasteiger partial charge in [-0.3, -0.25) is 4.79 Å². The van der Waals surface area contributed by atoms with Gasteiger partial charge >= 0.3 is 5.97 Å². The molecule has 0 radical (unpaired) electrons. The van der Waals surface area contributed by atoms with Gasteiger partial charge < -0.3 is 33.7 Å². The van der Waals surface area contributed by atoms with E-state index in [1.807, 2.05) is 31.2 Å². The number of hydrogen-bond donors (Lipinski definition) is 1. The van der Waals surface area contributed by atoms with E-state index in [1.54, 1.807) is 19.2 Å². The Kier molecular flexibility index (Phi) is 8.81. The van der Waals surface area contributed by atoms with Crippen molar-refractivity contribution >= 4 is 11.8 Å². The number of ketones is 1. The van der Waals surface area contributed by atoms with Crippen molar-refractivity contribution in [2.45, 2.75) is 31.6 Å². The molecule has 9 nitrogen and oxygen atoms in total. The third kappa shape index (κ3) is 5.31. The highest BCUT2D eigenvalue weighted by molar-refractivity contribution is 6.04. The molecule has 0 aromatic heterocycles. The molecule has 9 heteroatoms. The van der Waals surface area contributed by atoms with Crippen molar-refractivity contribution in [1.82, 2.24) is 5.32 Å². The highest BCUT2D eigenvalue weighted by Gasteiger charge is 2.43. The second-order valence-corrected chi connectivity index (χ2v) is 9.31. The minimum atomic E-state index is -0.739. The second-order valence-electron chi connectivity index (χ2n) is 9.31. The lowest BCUT2D eigenvalue weighted by atomic mass is 9.71. The normalized spacial score (nSPS) is 18.8. The van der Waals surface area contributed by atoms with Gasteiger partial charge in [0.15, 0.2) is 17.3 Å². The summed E-state index contributed by atoms with van der Waals surface area (Å²) in [4.78, 5) is 27.4. The lowest BCUT2D eigenvalue weighted by Crippen LogP contribution is -2.36. The SMILES string of the molecule is COCCOC(=O)C1=C(C)NC2=C(C(=O)C[C@H](c3ccccc3OC)C2)[C@@H]1c1ccc(OC)c(OC)c1OC. The summed E-state index contributed by atoms with van der Waals surface area (Å²) in [7, 11) is 7.73. The van der Waals surface area contributed by atoms with Crippen LogP contribution in [0.15, 0.2) is 58.9 Å². The quantitative estimate of drug-likeness (QED) is 0.352. The smallest absolute Gasteiger partial charge is 0.336 e. The molecule has 0 fully saturated rings. The summed E-state index contributed by atoms with van der Waals surface area (Å²) < 4.78 is 33.1. The van der Waals surface area contributed by atoms with E-state index in [-0.39, 0.29) is 31.3 Å². The van der Waals surface area contributed by atoms with Gasteiger partial charge in [0.05, 0.1) is 46.5 Å². The minimum absolute atomic E-state index is 0.0730. The van der Waals surface area contributed by atoms with Gasteiger partial charge in [-0.2, -0.15) is 0 Å². The average Bonchev–Trinajstić information content (AvgIpc) is 2.95. The van der Waals surface area contributed by atoms with Crippen molar-refractivity contribution in [3.05, 3.63) is 70.1 Å². The molecule has 0 saturated carbocycles. The highest BCUT2D eigenvalue weighted by atomic mass is 16.6. The standard InChI is InChI=1S/C30H35NO8/c1-17-25(30(33)39-14-13-34-2)26(20-11-12-24(36-4)29(38-6)28(20)37-5)27-21(31-17)15-18(16-22(27)32)19-9-7-8-10-23(19)35-3/h7-12,18,26,31H,13-16H2,1-6H3/t18-,26-/m1/s1. The van der Waals surface area contributed by atoms with Crippen LogP contribution in [-0.4, -0.2) is 60.5 Å². The van der Waals surface area contributed by atoms with Crippen molar-refractivity contribution in [1.29, 1.82) is 0 Å². The number of ether oxygens (including phenoxy) is 6. The van der Waals surface area contributed by atoms with Crippen molar-refractivity contribution in [2.24, 2.45) is 0 Å². The Labute approximate surface area is 228 Å². The molecule has 0 unspecified atom stereocenters. The van der Waals surface area contributed by atoms with Gasteiger partial charge in [0.2, 0.25) is 5.75 Å². The van der Waals surface area contributed by atoms with Gasteiger partial charge in [0, 0.05) is 42.0 Å². The third-order valence-electron chi connectivity index (χ3n) is 7.19. The van der Waals surface area contributed by atoms with E-state index in [9.17, 15) is 9.59 Å². The Balaban J connectivity index is 1.87. The van der Waals surface area contributed by atoms with E-state index in [0.29, 0.717) is 46.1 Å². The molecule has 4 rings (SSSR count). The number of Topliss-reactive ketones (excluding diaryl/α,β-unsaturated/α-hetero) is 1. The summed E-state index contributed by atoms with van der Waals surface area (Å²) in [5.74, 6) is 0.526. The van der Waals surface area contributed by atoms with Gasteiger partial charge in [0.25, 0.3) is 0 Å². The minimum Gasteiger partial charge on any atom is -0.496 e. The van der Waals surface area contributed by atoms with E-state index in [2.05, 4.69) is 5.32 Å². The summed E-state index contributed by atoms with van der Waals surface area (Å²) in [6, 6.07) is 11.3. The van der Waals surface area contributed by atoms with Crippen LogP contribution in [0.5, 0.6) is 23.0 Å². The molecule has 2 aliphatic rings. The first kappa shape index (κ1) is 28.0. The largest absolute Gasteiger partial charge is 0.496 e. The van der Waals surface area contributed by atoms with E-state index >= 15 is 0 Å². The molecular weight excluding hydrogens is 502 g/mol. The fraction of sp³-hybridized carbons (Fsp3) is 0.400. The molecular formula is C30H35NO8. The van der Waals surface area contributed by atoms with Crippen LogP contribution in [0.1, 0.15) is 42.7 Å². The number of carbonyl (C=O) groups is 2. The number of allylic oxidation sites excluding steroid dienone is 3. The number of para-hydroxylation sites is 1. The van der Waals surface area contributed by atoms with Gasteiger partial charge in [-0.1, -0.05) is 24.3 Å². The molecule has 0 saturated heterocycles. The maximum atomic E-state index is 14.0. The molecule has 2 atom stereocenters.